The van der Waals surface area contributed by atoms with Crippen LogP contribution < -0.4 is 10.9 Å². The normalized spacial score (nSPS) is 11.3. The smallest absolute Gasteiger partial charge is 0.469 e. The van der Waals surface area contributed by atoms with Crippen molar-refractivity contribution >= 4 is 13.7 Å². The fourth-order valence-electron chi connectivity index (χ4n) is 1.95. The van der Waals surface area contributed by atoms with Gasteiger partial charge in [-0.2, -0.15) is 0 Å². The summed E-state index contributed by atoms with van der Waals surface area (Å²) < 4.78 is 15.3. The fourth-order valence-corrected chi connectivity index (χ4v) is 2.26. The maximum absolute atomic E-state index is 11.9. The number of pyridine rings is 2. The van der Waals surface area contributed by atoms with Gasteiger partial charge in [0.1, 0.15) is 5.75 Å². The van der Waals surface area contributed by atoms with E-state index in [2.05, 4.69) is 25.3 Å². The molecule has 0 bridgehead atoms. The molecule has 0 fully saturated rings. The molecule has 134 valence electrons. The quantitative estimate of drug-likeness (QED) is 0.348. The summed E-state index contributed by atoms with van der Waals surface area (Å²) in [6.07, 6.45) is 4.29. The second-order valence-electron chi connectivity index (χ2n) is 5.00. The van der Waals surface area contributed by atoms with Crippen LogP contribution >= 0.6 is 7.82 Å². The Morgan fingerprint density at radius 1 is 1.32 bits per heavy atom. The van der Waals surface area contributed by atoms with E-state index in [1.54, 1.807) is 6.92 Å². The predicted octanol–water partition coefficient (Wildman–Crippen LogP) is 0.535. The molecule has 0 unspecified atom stereocenters. The van der Waals surface area contributed by atoms with Crippen LogP contribution in [0.5, 0.6) is 5.75 Å². The molecule has 0 saturated heterocycles. The molecule has 0 atom stereocenters. The lowest BCUT2D eigenvalue weighted by molar-refractivity contribution is 0.0932. The Morgan fingerprint density at radius 2 is 2.00 bits per heavy atom. The molecular weight excluding hydrogens is 351 g/mol. The van der Waals surface area contributed by atoms with Crippen molar-refractivity contribution in [3.63, 3.8) is 0 Å². The van der Waals surface area contributed by atoms with Crippen molar-refractivity contribution in [1.29, 1.82) is 0 Å². The molecule has 2 rings (SSSR count). The fraction of sp³-hybridized carbons (Fsp3) is 0.214. The van der Waals surface area contributed by atoms with Crippen molar-refractivity contribution in [3.05, 3.63) is 53.1 Å². The number of nitrogens with zero attached hydrogens (tertiary/aromatic N) is 2. The number of hydrogen-bond donors (Lipinski definition) is 5. The molecule has 0 aliphatic rings. The van der Waals surface area contributed by atoms with Crippen LogP contribution in [0.3, 0.4) is 0 Å². The van der Waals surface area contributed by atoms with E-state index in [1.807, 2.05) is 0 Å². The number of phosphoric acid groups is 1. The van der Waals surface area contributed by atoms with Gasteiger partial charge in [-0.3, -0.25) is 24.7 Å². The number of hydrogen-bond acceptors (Lipinski definition) is 7. The Kier molecular flexibility index (Phi) is 6.18. The number of aromatic nitrogens is 2. The third kappa shape index (κ3) is 5.59. The van der Waals surface area contributed by atoms with Crippen LogP contribution in [0.2, 0.25) is 0 Å². The topological polar surface area (TPSA) is 154 Å². The molecule has 5 N–H and O–H groups in total. The van der Waals surface area contributed by atoms with Crippen molar-refractivity contribution in [2.45, 2.75) is 20.1 Å². The summed E-state index contributed by atoms with van der Waals surface area (Å²) in [6.45, 7) is 1.12. The Hall–Kier alpha value is -2.36. The average molecular weight is 368 g/mol. The number of phosphoric ester groups is 1. The highest BCUT2D eigenvalue weighted by atomic mass is 31.2. The van der Waals surface area contributed by atoms with E-state index in [9.17, 15) is 14.5 Å². The van der Waals surface area contributed by atoms with Crippen LogP contribution in [0.1, 0.15) is 27.2 Å². The SMILES string of the molecule is Cc1ncc(COP(=O)(O)O)c(CNNC(=O)c2ccncc2)c1O. The van der Waals surface area contributed by atoms with Gasteiger partial charge in [-0.25, -0.2) is 9.99 Å². The Bertz CT molecular complexity index is 795. The van der Waals surface area contributed by atoms with Crippen LogP contribution in [-0.4, -0.2) is 30.8 Å². The summed E-state index contributed by atoms with van der Waals surface area (Å²) in [5.41, 5.74) is 6.40. The van der Waals surface area contributed by atoms with Gasteiger partial charge >= 0.3 is 7.82 Å². The summed E-state index contributed by atoms with van der Waals surface area (Å²) in [5.74, 6) is -0.557. The Labute approximate surface area is 143 Å². The van der Waals surface area contributed by atoms with Crippen molar-refractivity contribution in [2.24, 2.45) is 0 Å². The molecule has 0 saturated carbocycles. The van der Waals surface area contributed by atoms with Gasteiger partial charge in [-0.15, -0.1) is 0 Å². The number of aryl methyl sites for hydroxylation is 1. The summed E-state index contributed by atoms with van der Waals surface area (Å²) in [5, 5.41) is 10.1. The molecule has 2 aromatic heterocycles. The molecule has 0 radical (unpaired) electrons. The maximum Gasteiger partial charge on any atom is 0.469 e. The first-order valence-corrected chi connectivity index (χ1v) is 8.60. The van der Waals surface area contributed by atoms with E-state index >= 15 is 0 Å². The number of nitrogens with one attached hydrogen (secondary N) is 2. The van der Waals surface area contributed by atoms with Crippen LogP contribution in [0.25, 0.3) is 0 Å². The molecular formula is C14H17N4O6P. The number of carbonyl (C=O) groups is 1. The zero-order valence-corrected chi connectivity index (χ0v) is 14.1. The number of carbonyl (C=O) groups excluding carboxylic acids is 1. The first-order valence-electron chi connectivity index (χ1n) is 7.07. The van der Waals surface area contributed by atoms with Crippen molar-refractivity contribution in [3.8, 4) is 5.75 Å². The number of hydrazine groups is 1. The van der Waals surface area contributed by atoms with Gasteiger partial charge < -0.3 is 14.9 Å². The summed E-state index contributed by atoms with van der Waals surface area (Å²) in [4.78, 5) is 37.3. The Balaban J connectivity index is 2.06. The van der Waals surface area contributed by atoms with Crippen molar-refractivity contribution < 1.29 is 28.8 Å². The van der Waals surface area contributed by atoms with Crippen LogP contribution in [0.4, 0.5) is 0 Å². The molecule has 0 aliphatic carbocycles. The number of aromatic hydroxyl groups is 1. The monoisotopic (exact) mass is 368 g/mol. The zero-order chi connectivity index (χ0) is 18.4. The predicted molar refractivity (Wildman–Crippen MR) is 86.0 cm³/mol. The largest absolute Gasteiger partial charge is 0.506 e. The Morgan fingerprint density at radius 3 is 2.64 bits per heavy atom. The standard InChI is InChI=1S/C14H17N4O6P/c1-9-13(19)12(11(6-16-9)8-24-25(21,22)23)7-17-18-14(20)10-2-4-15-5-3-10/h2-6,17,19H,7-8H2,1H3,(H,18,20)(H2,21,22,23). The van der Waals surface area contributed by atoms with Gasteiger partial charge in [0.15, 0.2) is 0 Å². The first kappa shape index (κ1) is 19.0. The van der Waals surface area contributed by atoms with Gasteiger partial charge in [-0.1, -0.05) is 0 Å². The summed E-state index contributed by atoms with van der Waals surface area (Å²) >= 11 is 0. The number of amides is 1. The first-order chi connectivity index (χ1) is 11.8. The van der Waals surface area contributed by atoms with Crippen molar-refractivity contribution in [1.82, 2.24) is 20.8 Å². The summed E-state index contributed by atoms with van der Waals surface area (Å²) in [7, 11) is -4.67. The molecule has 2 aromatic rings. The van der Waals surface area contributed by atoms with Gasteiger partial charge in [0, 0.05) is 41.8 Å². The third-order valence-electron chi connectivity index (χ3n) is 3.23. The van der Waals surface area contributed by atoms with E-state index < -0.39 is 20.3 Å². The molecule has 0 aliphatic heterocycles. The van der Waals surface area contributed by atoms with Crippen LogP contribution in [0, 0.1) is 6.92 Å². The highest BCUT2D eigenvalue weighted by molar-refractivity contribution is 7.46. The van der Waals surface area contributed by atoms with E-state index in [-0.39, 0.29) is 17.9 Å². The molecule has 10 nitrogen and oxygen atoms in total. The minimum Gasteiger partial charge on any atom is -0.506 e. The molecule has 0 spiro atoms. The average Bonchev–Trinajstić information content (AvgIpc) is 2.57. The molecule has 25 heavy (non-hydrogen) atoms. The minimum absolute atomic E-state index is 0.00807. The van der Waals surface area contributed by atoms with Crippen LogP contribution in [-0.2, 0) is 22.2 Å². The van der Waals surface area contributed by atoms with Crippen LogP contribution in [0.15, 0.2) is 30.7 Å². The van der Waals surface area contributed by atoms with Gasteiger partial charge in [0.2, 0.25) is 0 Å². The zero-order valence-electron chi connectivity index (χ0n) is 13.2. The van der Waals surface area contributed by atoms with E-state index in [1.165, 1.54) is 30.7 Å². The summed E-state index contributed by atoms with van der Waals surface area (Å²) in [6, 6.07) is 3.06. The highest BCUT2D eigenvalue weighted by Gasteiger charge is 2.18. The lowest BCUT2D eigenvalue weighted by Crippen LogP contribution is -2.37. The molecule has 11 heteroatoms. The van der Waals surface area contributed by atoms with Gasteiger partial charge in [0.05, 0.1) is 12.3 Å². The maximum atomic E-state index is 11.9. The lowest BCUT2D eigenvalue weighted by atomic mass is 10.1. The lowest BCUT2D eigenvalue weighted by Gasteiger charge is -2.14. The number of rotatable bonds is 7. The van der Waals surface area contributed by atoms with Gasteiger partial charge in [0.25, 0.3) is 5.91 Å². The highest BCUT2D eigenvalue weighted by Crippen LogP contribution is 2.38. The third-order valence-corrected chi connectivity index (χ3v) is 3.69. The van der Waals surface area contributed by atoms with E-state index in [4.69, 9.17) is 9.79 Å². The minimum atomic E-state index is -4.67. The second kappa shape index (κ2) is 8.15. The second-order valence-corrected chi connectivity index (χ2v) is 6.24. The van der Waals surface area contributed by atoms with E-state index in [0.29, 0.717) is 16.8 Å². The van der Waals surface area contributed by atoms with Gasteiger partial charge in [-0.05, 0) is 19.1 Å². The molecule has 2 heterocycles. The van der Waals surface area contributed by atoms with E-state index in [0.717, 1.165) is 0 Å². The van der Waals surface area contributed by atoms with Crippen molar-refractivity contribution in [2.75, 3.05) is 0 Å². The molecule has 1 amide bonds. The molecule has 0 aromatic carbocycles.